The number of esters is 1. The average molecular weight is 428 g/mol. The fourth-order valence-electron chi connectivity index (χ4n) is 3.04. The molecule has 162 valence electrons. The number of ether oxygens (including phenoxy) is 1. The molecule has 0 radical (unpaired) electrons. The molecule has 0 aliphatic rings. The SMILES string of the molecule is CCOC(=O)CC(C)c1ccc(SC(C)(C)C)c(NC(=O)Cc2ccc(C)cc2)c1. The van der Waals surface area contributed by atoms with Gasteiger partial charge in [0.05, 0.1) is 25.1 Å². The third kappa shape index (κ3) is 7.86. The molecule has 0 aliphatic carbocycles. The predicted molar refractivity (Wildman–Crippen MR) is 125 cm³/mol. The van der Waals surface area contributed by atoms with Crippen molar-refractivity contribution in [3.8, 4) is 0 Å². The van der Waals surface area contributed by atoms with Crippen LogP contribution in [0.4, 0.5) is 5.69 Å². The van der Waals surface area contributed by atoms with Gasteiger partial charge in [-0.1, -0.05) is 63.6 Å². The fraction of sp³-hybridized carbons (Fsp3) is 0.440. The fourth-order valence-corrected chi connectivity index (χ4v) is 4.06. The summed E-state index contributed by atoms with van der Waals surface area (Å²) in [5.74, 6) is -0.251. The van der Waals surface area contributed by atoms with Gasteiger partial charge in [0, 0.05) is 9.64 Å². The highest BCUT2D eigenvalue weighted by atomic mass is 32.2. The number of hydrogen-bond acceptors (Lipinski definition) is 4. The lowest BCUT2D eigenvalue weighted by molar-refractivity contribution is -0.143. The van der Waals surface area contributed by atoms with Crippen LogP contribution in [0.25, 0.3) is 0 Å². The van der Waals surface area contributed by atoms with E-state index in [1.807, 2.05) is 63.2 Å². The number of carbonyl (C=O) groups is 2. The molecule has 0 aliphatic heterocycles. The summed E-state index contributed by atoms with van der Waals surface area (Å²) in [4.78, 5) is 25.6. The summed E-state index contributed by atoms with van der Waals surface area (Å²) in [6, 6.07) is 14.1. The van der Waals surface area contributed by atoms with Crippen molar-refractivity contribution in [2.45, 2.75) is 69.9 Å². The Labute approximate surface area is 184 Å². The van der Waals surface area contributed by atoms with Gasteiger partial charge in [-0.05, 0) is 43.0 Å². The Morgan fingerprint density at radius 1 is 1.10 bits per heavy atom. The number of amides is 1. The normalized spacial score (nSPS) is 12.3. The van der Waals surface area contributed by atoms with Crippen molar-refractivity contribution in [3.63, 3.8) is 0 Å². The van der Waals surface area contributed by atoms with Crippen LogP contribution in [0, 0.1) is 6.92 Å². The molecular formula is C25H33NO3S. The number of hydrogen-bond donors (Lipinski definition) is 1. The Kier molecular flexibility index (Phi) is 8.54. The zero-order chi connectivity index (χ0) is 22.3. The quantitative estimate of drug-likeness (QED) is 0.407. The zero-order valence-electron chi connectivity index (χ0n) is 18.9. The summed E-state index contributed by atoms with van der Waals surface area (Å²) < 4.78 is 5.09. The van der Waals surface area contributed by atoms with Crippen LogP contribution in [0.2, 0.25) is 0 Å². The van der Waals surface area contributed by atoms with E-state index >= 15 is 0 Å². The van der Waals surface area contributed by atoms with Gasteiger partial charge < -0.3 is 10.1 Å². The molecular weight excluding hydrogens is 394 g/mol. The molecule has 1 atom stereocenters. The van der Waals surface area contributed by atoms with Crippen LogP contribution >= 0.6 is 11.8 Å². The average Bonchev–Trinajstić information content (AvgIpc) is 2.64. The zero-order valence-corrected chi connectivity index (χ0v) is 19.7. The molecule has 0 saturated heterocycles. The standard InChI is InChI=1S/C25H33NO3S/c1-7-29-24(28)14-18(3)20-12-13-22(30-25(4,5)6)21(16-20)26-23(27)15-19-10-8-17(2)9-11-19/h8-13,16,18H,7,14-15H2,1-6H3,(H,26,27). The monoisotopic (exact) mass is 427 g/mol. The van der Waals surface area contributed by atoms with Crippen LogP contribution in [0.3, 0.4) is 0 Å². The first-order valence-corrected chi connectivity index (χ1v) is 11.2. The molecule has 0 aromatic heterocycles. The van der Waals surface area contributed by atoms with E-state index in [2.05, 4.69) is 26.1 Å². The molecule has 2 aromatic carbocycles. The van der Waals surface area contributed by atoms with E-state index in [0.717, 1.165) is 21.7 Å². The first kappa shape index (κ1) is 24.0. The Balaban J connectivity index is 2.22. The van der Waals surface area contributed by atoms with Gasteiger partial charge in [-0.15, -0.1) is 11.8 Å². The molecule has 4 nitrogen and oxygen atoms in total. The second kappa shape index (κ2) is 10.7. The molecule has 0 saturated carbocycles. The second-order valence-corrected chi connectivity index (χ2v) is 10.5. The Hall–Kier alpha value is -2.27. The first-order chi connectivity index (χ1) is 14.1. The van der Waals surface area contributed by atoms with E-state index in [1.165, 1.54) is 5.56 Å². The lowest BCUT2D eigenvalue weighted by Crippen LogP contribution is -2.16. The van der Waals surface area contributed by atoms with Crippen LogP contribution < -0.4 is 5.32 Å². The molecule has 0 heterocycles. The van der Waals surface area contributed by atoms with Crippen LogP contribution in [-0.2, 0) is 20.7 Å². The number of rotatable bonds is 8. The highest BCUT2D eigenvalue weighted by Gasteiger charge is 2.19. The molecule has 1 amide bonds. The van der Waals surface area contributed by atoms with Gasteiger partial charge in [0.15, 0.2) is 0 Å². The van der Waals surface area contributed by atoms with Gasteiger partial charge >= 0.3 is 5.97 Å². The summed E-state index contributed by atoms with van der Waals surface area (Å²) in [6.07, 6.45) is 0.638. The van der Waals surface area contributed by atoms with Gasteiger partial charge in [-0.3, -0.25) is 9.59 Å². The Morgan fingerprint density at radius 2 is 1.77 bits per heavy atom. The number of anilines is 1. The highest BCUT2D eigenvalue weighted by Crippen LogP contribution is 2.38. The molecule has 1 unspecified atom stereocenters. The summed E-state index contributed by atoms with van der Waals surface area (Å²) in [6.45, 7) is 12.7. The van der Waals surface area contributed by atoms with E-state index in [9.17, 15) is 9.59 Å². The van der Waals surface area contributed by atoms with Gasteiger partial charge in [0.25, 0.3) is 0 Å². The minimum Gasteiger partial charge on any atom is -0.466 e. The largest absolute Gasteiger partial charge is 0.466 e. The number of nitrogens with one attached hydrogen (secondary N) is 1. The number of benzene rings is 2. The maximum atomic E-state index is 12.7. The van der Waals surface area contributed by atoms with Crippen molar-refractivity contribution < 1.29 is 14.3 Å². The van der Waals surface area contributed by atoms with E-state index in [0.29, 0.717) is 19.4 Å². The first-order valence-electron chi connectivity index (χ1n) is 10.4. The molecule has 1 N–H and O–H groups in total. The van der Waals surface area contributed by atoms with Gasteiger partial charge in [-0.2, -0.15) is 0 Å². The minimum atomic E-state index is -0.205. The van der Waals surface area contributed by atoms with Crippen molar-refractivity contribution >= 4 is 29.3 Å². The number of carbonyl (C=O) groups excluding carboxylic acids is 2. The third-order valence-electron chi connectivity index (χ3n) is 4.53. The van der Waals surface area contributed by atoms with E-state index < -0.39 is 0 Å². The van der Waals surface area contributed by atoms with Crippen LogP contribution in [0.5, 0.6) is 0 Å². The molecule has 30 heavy (non-hydrogen) atoms. The van der Waals surface area contributed by atoms with Gasteiger partial charge in [0.2, 0.25) is 5.91 Å². The second-order valence-electron chi connectivity index (χ2n) is 8.59. The van der Waals surface area contributed by atoms with E-state index in [4.69, 9.17) is 4.74 Å². The summed E-state index contributed by atoms with van der Waals surface area (Å²) in [5.41, 5.74) is 3.95. The number of thioether (sulfide) groups is 1. The third-order valence-corrected chi connectivity index (χ3v) is 5.71. The van der Waals surface area contributed by atoms with Crippen LogP contribution in [0.15, 0.2) is 47.4 Å². The van der Waals surface area contributed by atoms with Crippen LogP contribution in [-0.4, -0.2) is 23.2 Å². The lowest BCUT2D eigenvalue weighted by Gasteiger charge is -2.22. The molecule has 2 aromatic rings. The number of aryl methyl sites for hydroxylation is 1. The van der Waals surface area contributed by atoms with Crippen LogP contribution in [0.1, 0.15) is 63.6 Å². The smallest absolute Gasteiger partial charge is 0.306 e. The van der Waals surface area contributed by atoms with Crippen molar-refractivity contribution in [3.05, 3.63) is 59.2 Å². The van der Waals surface area contributed by atoms with E-state index in [1.54, 1.807) is 11.8 Å². The maximum Gasteiger partial charge on any atom is 0.306 e. The molecule has 2 rings (SSSR count). The van der Waals surface area contributed by atoms with Crippen molar-refractivity contribution in [2.24, 2.45) is 0 Å². The predicted octanol–water partition coefficient (Wildman–Crippen LogP) is 6.12. The Morgan fingerprint density at radius 3 is 2.37 bits per heavy atom. The molecule has 5 heteroatoms. The lowest BCUT2D eigenvalue weighted by atomic mass is 9.97. The topological polar surface area (TPSA) is 55.4 Å². The van der Waals surface area contributed by atoms with Crippen molar-refractivity contribution in [2.75, 3.05) is 11.9 Å². The molecule has 0 fully saturated rings. The van der Waals surface area contributed by atoms with Gasteiger partial charge in [-0.25, -0.2) is 0 Å². The molecule has 0 spiro atoms. The summed E-state index contributed by atoms with van der Waals surface area (Å²) >= 11 is 1.71. The van der Waals surface area contributed by atoms with Crippen molar-refractivity contribution in [1.29, 1.82) is 0 Å². The maximum absolute atomic E-state index is 12.7. The van der Waals surface area contributed by atoms with Crippen molar-refractivity contribution in [1.82, 2.24) is 0 Å². The minimum absolute atomic E-state index is 0.00508. The highest BCUT2D eigenvalue weighted by molar-refractivity contribution is 8.00. The Bertz CT molecular complexity index is 869. The molecule has 0 bridgehead atoms. The summed E-state index contributed by atoms with van der Waals surface area (Å²) in [5, 5.41) is 3.09. The summed E-state index contributed by atoms with van der Waals surface area (Å²) in [7, 11) is 0. The van der Waals surface area contributed by atoms with E-state index in [-0.39, 0.29) is 22.5 Å². The van der Waals surface area contributed by atoms with Gasteiger partial charge in [0.1, 0.15) is 0 Å².